The minimum atomic E-state index is -0.510. The fraction of sp³-hybridized carbons (Fsp3) is 0.357. The number of rotatable bonds is 4. The molecule has 3 rings (SSSR count). The molecule has 0 bridgehead atoms. The zero-order chi connectivity index (χ0) is 14.7. The molecule has 0 amide bonds. The summed E-state index contributed by atoms with van der Waals surface area (Å²) >= 11 is 0. The molecule has 2 aromatic rings. The zero-order valence-corrected chi connectivity index (χ0v) is 11.5. The minimum absolute atomic E-state index is 0.195. The third-order valence-electron chi connectivity index (χ3n) is 3.59. The Morgan fingerprint density at radius 3 is 2.67 bits per heavy atom. The van der Waals surface area contributed by atoms with E-state index in [1.165, 1.54) is 6.07 Å². The second kappa shape index (κ2) is 5.92. The van der Waals surface area contributed by atoms with E-state index in [4.69, 9.17) is 4.42 Å². The highest BCUT2D eigenvalue weighted by atomic mass is 16.6. The first-order chi connectivity index (χ1) is 10.2. The van der Waals surface area contributed by atoms with Crippen LogP contribution >= 0.6 is 0 Å². The second-order valence-corrected chi connectivity index (χ2v) is 4.97. The minimum Gasteiger partial charge on any atom is -0.404 e. The molecule has 0 atom stereocenters. The maximum Gasteiger partial charge on any atom is 0.433 e. The van der Waals surface area contributed by atoms with Crippen molar-refractivity contribution in [3.05, 3.63) is 52.5 Å². The van der Waals surface area contributed by atoms with Crippen LogP contribution < -0.4 is 4.90 Å². The van der Waals surface area contributed by atoms with Crippen molar-refractivity contribution in [1.82, 2.24) is 9.88 Å². The van der Waals surface area contributed by atoms with Crippen molar-refractivity contribution < 1.29 is 9.34 Å². The maximum absolute atomic E-state index is 10.6. The van der Waals surface area contributed by atoms with Gasteiger partial charge < -0.3 is 9.32 Å². The van der Waals surface area contributed by atoms with Gasteiger partial charge in [0, 0.05) is 32.4 Å². The summed E-state index contributed by atoms with van der Waals surface area (Å²) in [6.07, 6.45) is 3.63. The van der Waals surface area contributed by atoms with E-state index in [-0.39, 0.29) is 5.88 Å². The third-order valence-corrected chi connectivity index (χ3v) is 3.59. The standard InChI is InChI=1S/C14H16N4O3/c19-18(20)14-4-3-13(21-14)11-16-6-8-17(9-7-16)12-2-1-5-15-10-12/h1-5,10H,6-9,11H2. The summed E-state index contributed by atoms with van der Waals surface area (Å²) in [7, 11) is 0. The van der Waals surface area contributed by atoms with Crippen LogP contribution in [0.3, 0.4) is 0 Å². The van der Waals surface area contributed by atoms with Crippen molar-refractivity contribution in [2.45, 2.75) is 6.54 Å². The molecule has 1 saturated heterocycles. The number of nitro groups is 1. The molecule has 2 aromatic heterocycles. The van der Waals surface area contributed by atoms with Gasteiger partial charge >= 0.3 is 5.88 Å². The second-order valence-electron chi connectivity index (χ2n) is 4.97. The van der Waals surface area contributed by atoms with Gasteiger partial charge in [-0.25, -0.2) is 0 Å². The molecule has 3 heterocycles. The van der Waals surface area contributed by atoms with Crippen LogP contribution in [0, 0.1) is 10.1 Å². The van der Waals surface area contributed by atoms with E-state index >= 15 is 0 Å². The summed E-state index contributed by atoms with van der Waals surface area (Å²) < 4.78 is 5.19. The Labute approximate surface area is 121 Å². The lowest BCUT2D eigenvalue weighted by atomic mass is 10.2. The van der Waals surface area contributed by atoms with Crippen molar-refractivity contribution in [3.63, 3.8) is 0 Å². The number of hydrogen-bond acceptors (Lipinski definition) is 6. The van der Waals surface area contributed by atoms with Crippen molar-refractivity contribution in [2.75, 3.05) is 31.1 Å². The Hall–Kier alpha value is -2.41. The predicted octanol–water partition coefficient (Wildman–Crippen LogP) is 1.91. The summed E-state index contributed by atoms with van der Waals surface area (Å²) in [5.74, 6) is 0.440. The van der Waals surface area contributed by atoms with Crippen molar-refractivity contribution >= 4 is 11.6 Å². The summed E-state index contributed by atoms with van der Waals surface area (Å²) in [6, 6.07) is 7.06. The van der Waals surface area contributed by atoms with E-state index in [0.717, 1.165) is 31.9 Å². The molecule has 1 aliphatic rings. The number of pyridine rings is 1. The van der Waals surface area contributed by atoms with Gasteiger partial charge in [-0.1, -0.05) is 0 Å². The number of hydrogen-bond donors (Lipinski definition) is 0. The van der Waals surface area contributed by atoms with Crippen LogP contribution in [0.1, 0.15) is 5.76 Å². The first-order valence-corrected chi connectivity index (χ1v) is 6.83. The smallest absolute Gasteiger partial charge is 0.404 e. The van der Waals surface area contributed by atoms with Gasteiger partial charge in [-0.15, -0.1) is 0 Å². The van der Waals surface area contributed by atoms with Crippen LogP contribution in [-0.2, 0) is 6.54 Å². The maximum atomic E-state index is 10.6. The molecule has 0 radical (unpaired) electrons. The Kier molecular flexibility index (Phi) is 3.83. The quantitative estimate of drug-likeness (QED) is 0.632. The SMILES string of the molecule is O=[N+]([O-])c1ccc(CN2CCN(c3cccnc3)CC2)o1. The Bertz CT molecular complexity index is 606. The summed E-state index contributed by atoms with van der Waals surface area (Å²) in [4.78, 5) is 18.7. The number of anilines is 1. The fourth-order valence-corrected chi connectivity index (χ4v) is 2.48. The molecular weight excluding hydrogens is 272 g/mol. The van der Waals surface area contributed by atoms with E-state index in [1.54, 1.807) is 12.3 Å². The Morgan fingerprint density at radius 2 is 2.05 bits per heavy atom. The number of piperazine rings is 1. The van der Waals surface area contributed by atoms with E-state index in [9.17, 15) is 10.1 Å². The van der Waals surface area contributed by atoms with Gasteiger partial charge in [0.1, 0.15) is 10.7 Å². The Morgan fingerprint density at radius 1 is 1.24 bits per heavy atom. The van der Waals surface area contributed by atoms with Gasteiger partial charge in [-0.2, -0.15) is 0 Å². The van der Waals surface area contributed by atoms with Crippen LogP contribution in [0.5, 0.6) is 0 Å². The zero-order valence-electron chi connectivity index (χ0n) is 11.5. The first-order valence-electron chi connectivity index (χ1n) is 6.83. The molecule has 0 aromatic carbocycles. The molecule has 110 valence electrons. The average molecular weight is 288 g/mol. The van der Waals surface area contributed by atoms with Gasteiger partial charge in [-0.3, -0.25) is 20.0 Å². The highest BCUT2D eigenvalue weighted by Crippen LogP contribution is 2.19. The molecule has 0 spiro atoms. The molecule has 21 heavy (non-hydrogen) atoms. The van der Waals surface area contributed by atoms with Crippen LogP contribution in [0.4, 0.5) is 11.6 Å². The van der Waals surface area contributed by atoms with Crippen molar-refractivity contribution in [3.8, 4) is 0 Å². The van der Waals surface area contributed by atoms with E-state index < -0.39 is 4.92 Å². The van der Waals surface area contributed by atoms with Gasteiger partial charge in [0.15, 0.2) is 0 Å². The highest BCUT2D eigenvalue weighted by Gasteiger charge is 2.19. The molecule has 7 heteroatoms. The normalized spacial score (nSPS) is 16.1. The number of aromatic nitrogens is 1. The summed E-state index contributed by atoms with van der Waals surface area (Å²) in [6.45, 7) is 4.21. The number of furan rings is 1. The average Bonchev–Trinajstić information content (AvgIpc) is 2.98. The molecule has 0 N–H and O–H groups in total. The predicted molar refractivity (Wildman–Crippen MR) is 77.1 cm³/mol. The van der Waals surface area contributed by atoms with E-state index in [0.29, 0.717) is 12.3 Å². The summed E-state index contributed by atoms with van der Waals surface area (Å²) in [5, 5.41) is 10.6. The molecule has 1 fully saturated rings. The highest BCUT2D eigenvalue weighted by molar-refractivity contribution is 5.44. The van der Waals surface area contributed by atoms with Gasteiger partial charge in [-0.05, 0) is 18.2 Å². The largest absolute Gasteiger partial charge is 0.433 e. The van der Waals surface area contributed by atoms with Crippen LogP contribution in [0.25, 0.3) is 0 Å². The lowest BCUT2D eigenvalue weighted by Gasteiger charge is -2.35. The lowest BCUT2D eigenvalue weighted by Crippen LogP contribution is -2.45. The molecule has 7 nitrogen and oxygen atoms in total. The molecule has 0 saturated carbocycles. The fourth-order valence-electron chi connectivity index (χ4n) is 2.48. The summed E-state index contributed by atoms with van der Waals surface area (Å²) in [5.41, 5.74) is 1.13. The van der Waals surface area contributed by atoms with Gasteiger partial charge in [0.25, 0.3) is 0 Å². The Balaban J connectivity index is 1.55. The molecule has 1 aliphatic heterocycles. The molecular formula is C14H16N4O3. The number of nitrogens with zero attached hydrogens (tertiary/aromatic N) is 4. The van der Waals surface area contributed by atoms with Gasteiger partial charge in [0.05, 0.1) is 24.5 Å². The van der Waals surface area contributed by atoms with Crippen LogP contribution in [-0.4, -0.2) is 41.0 Å². The topological polar surface area (TPSA) is 75.7 Å². The van der Waals surface area contributed by atoms with E-state index in [1.807, 2.05) is 12.3 Å². The van der Waals surface area contributed by atoms with Crippen molar-refractivity contribution in [1.29, 1.82) is 0 Å². The lowest BCUT2D eigenvalue weighted by molar-refractivity contribution is -0.402. The van der Waals surface area contributed by atoms with Crippen molar-refractivity contribution in [2.24, 2.45) is 0 Å². The van der Waals surface area contributed by atoms with E-state index in [2.05, 4.69) is 20.9 Å². The van der Waals surface area contributed by atoms with Crippen LogP contribution in [0.15, 0.2) is 41.1 Å². The third kappa shape index (κ3) is 3.19. The monoisotopic (exact) mass is 288 g/mol. The first kappa shape index (κ1) is 13.6. The van der Waals surface area contributed by atoms with Gasteiger partial charge in [0.2, 0.25) is 0 Å². The van der Waals surface area contributed by atoms with Crippen LogP contribution in [0.2, 0.25) is 0 Å². The molecule has 0 aliphatic carbocycles. The molecule has 0 unspecified atom stereocenters.